The van der Waals surface area contributed by atoms with Crippen LogP contribution in [0.2, 0.25) is 0 Å². The molecule has 0 spiro atoms. The smallest absolute Gasteiger partial charge is 0.334 e. The molecule has 1 aliphatic carbocycles. The number of hydrogen-bond acceptors (Lipinski definition) is 6. The van der Waals surface area contributed by atoms with Gasteiger partial charge >= 0.3 is 12.0 Å². The molecular formula is C16H20N4O6. The van der Waals surface area contributed by atoms with E-state index in [1.54, 1.807) is 6.92 Å². The van der Waals surface area contributed by atoms with Gasteiger partial charge < -0.3 is 10.1 Å². The second kappa shape index (κ2) is 6.98. The molecule has 1 aromatic rings. The van der Waals surface area contributed by atoms with Gasteiger partial charge in [0.05, 0.1) is 11.5 Å². The zero-order valence-corrected chi connectivity index (χ0v) is 14.6. The van der Waals surface area contributed by atoms with Crippen molar-refractivity contribution in [3.63, 3.8) is 0 Å². The van der Waals surface area contributed by atoms with Gasteiger partial charge in [0.25, 0.3) is 11.6 Å². The van der Waals surface area contributed by atoms with E-state index in [9.17, 15) is 24.5 Å². The van der Waals surface area contributed by atoms with E-state index < -0.39 is 33.8 Å². The number of hydrazine groups is 1. The van der Waals surface area contributed by atoms with Gasteiger partial charge in [-0.15, -0.1) is 0 Å². The number of nitrogens with one attached hydrogen (secondary N) is 3. The number of amides is 3. The molecule has 1 atom stereocenters. The molecule has 0 radical (unpaired) electrons. The molecule has 140 valence electrons. The van der Waals surface area contributed by atoms with Crippen molar-refractivity contribution in [2.45, 2.75) is 32.7 Å². The molecule has 3 amide bonds. The van der Waals surface area contributed by atoms with Gasteiger partial charge in [0.15, 0.2) is 0 Å². The standard InChI is InChI=1S/C16H20N4O6/c1-4-26-13(22)16(9-15(16,2)3)17-14(23)19-18-12(21)10-5-7-11(8-6-10)20(24)25/h5-8H,4,9H2,1-3H3,(H,18,21)(H2,17,19,23). The van der Waals surface area contributed by atoms with Crippen molar-refractivity contribution in [2.75, 3.05) is 6.61 Å². The number of ether oxygens (including phenoxy) is 1. The van der Waals surface area contributed by atoms with Crippen LogP contribution in [0.1, 0.15) is 37.6 Å². The summed E-state index contributed by atoms with van der Waals surface area (Å²) in [5.41, 5.74) is 2.71. The lowest BCUT2D eigenvalue weighted by Gasteiger charge is -2.20. The topological polar surface area (TPSA) is 140 Å². The van der Waals surface area contributed by atoms with Gasteiger partial charge in [-0.2, -0.15) is 0 Å². The molecule has 1 fully saturated rings. The summed E-state index contributed by atoms with van der Waals surface area (Å²) in [5, 5.41) is 13.1. The largest absolute Gasteiger partial charge is 0.464 e. The number of esters is 1. The molecule has 0 aromatic heterocycles. The number of non-ortho nitro benzene ring substituents is 1. The zero-order chi connectivity index (χ0) is 19.5. The minimum atomic E-state index is -1.13. The van der Waals surface area contributed by atoms with E-state index in [4.69, 9.17) is 4.74 Å². The van der Waals surface area contributed by atoms with Gasteiger partial charge in [0, 0.05) is 23.1 Å². The van der Waals surface area contributed by atoms with Crippen LogP contribution in [0, 0.1) is 15.5 Å². The Labute approximate surface area is 149 Å². The summed E-state index contributed by atoms with van der Waals surface area (Å²) < 4.78 is 5.01. The Balaban J connectivity index is 1.92. The number of carbonyl (C=O) groups excluding carboxylic acids is 3. The maximum atomic E-state index is 12.1. The minimum Gasteiger partial charge on any atom is -0.464 e. The number of benzene rings is 1. The summed E-state index contributed by atoms with van der Waals surface area (Å²) in [6.07, 6.45) is 0.419. The molecule has 0 aliphatic heterocycles. The minimum absolute atomic E-state index is 0.128. The molecule has 1 aromatic carbocycles. The molecule has 10 nitrogen and oxygen atoms in total. The molecule has 1 unspecified atom stereocenters. The molecule has 0 saturated heterocycles. The van der Waals surface area contributed by atoms with E-state index in [2.05, 4.69) is 16.2 Å². The van der Waals surface area contributed by atoms with Gasteiger partial charge in [0.2, 0.25) is 0 Å². The van der Waals surface area contributed by atoms with Gasteiger partial charge in [-0.05, 0) is 25.5 Å². The molecule has 0 heterocycles. The van der Waals surface area contributed by atoms with E-state index in [1.807, 2.05) is 13.8 Å². The van der Waals surface area contributed by atoms with E-state index >= 15 is 0 Å². The molecule has 0 bridgehead atoms. The van der Waals surface area contributed by atoms with E-state index in [1.165, 1.54) is 24.3 Å². The van der Waals surface area contributed by atoms with Crippen LogP contribution in [0.3, 0.4) is 0 Å². The van der Waals surface area contributed by atoms with Gasteiger partial charge in [-0.3, -0.25) is 20.3 Å². The average molecular weight is 364 g/mol. The quantitative estimate of drug-likeness (QED) is 0.408. The van der Waals surface area contributed by atoms with Crippen molar-refractivity contribution in [2.24, 2.45) is 5.41 Å². The maximum Gasteiger partial charge on any atom is 0.334 e. The van der Waals surface area contributed by atoms with Crippen molar-refractivity contribution in [1.82, 2.24) is 16.2 Å². The number of urea groups is 1. The predicted molar refractivity (Wildman–Crippen MR) is 90.0 cm³/mol. The van der Waals surface area contributed by atoms with Crippen molar-refractivity contribution < 1.29 is 24.0 Å². The number of hydrogen-bond donors (Lipinski definition) is 3. The van der Waals surface area contributed by atoms with Crippen LogP contribution in [-0.2, 0) is 9.53 Å². The summed E-state index contributed by atoms with van der Waals surface area (Å²) >= 11 is 0. The highest BCUT2D eigenvalue weighted by Crippen LogP contribution is 2.56. The van der Waals surface area contributed by atoms with E-state index in [0.717, 1.165) is 0 Å². The van der Waals surface area contributed by atoms with Gasteiger partial charge in [0.1, 0.15) is 5.54 Å². The Morgan fingerprint density at radius 2 is 1.77 bits per heavy atom. The van der Waals surface area contributed by atoms with Crippen LogP contribution in [0.25, 0.3) is 0 Å². The van der Waals surface area contributed by atoms with Crippen LogP contribution in [0.15, 0.2) is 24.3 Å². The van der Waals surface area contributed by atoms with Crippen molar-refractivity contribution in [3.8, 4) is 0 Å². The summed E-state index contributed by atoms with van der Waals surface area (Å²) in [5.74, 6) is -1.18. The Bertz CT molecular complexity index is 746. The molecule has 1 saturated carbocycles. The highest BCUT2D eigenvalue weighted by Gasteiger charge is 2.68. The fraction of sp³-hybridized carbons (Fsp3) is 0.438. The second-order valence-corrected chi connectivity index (χ2v) is 6.52. The van der Waals surface area contributed by atoms with Crippen molar-refractivity contribution >= 4 is 23.6 Å². The Kier molecular flexibility index (Phi) is 5.15. The summed E-state index contributed by atoms with van der Waals surface area (Å²) in [7, 11) is 0. The van der Waals surface area contributed by atoms with Crippen LogP contribution in [-0.4, -0.2) is 35.0 Å². The summed E-state index contributed by atoms with van der Waals surface area (Å²) in [6, 6.07) is 4.11. The number of nitrogens with zero attached hydrogens (tertiary/aromatic N) is 1. The predicted octanol–water partition coefficient (Wildman–Crippen LogP) is 1.27. The lowest BCUT2D eigenvalue weighted by atomic mass is 10.1. The maximum absolute atomic E-state index is 12.1. The highest BCUT2D eigenvalue weighted by molar-refractivity contribution is 5.96. The number of nitro benzene ring substituents is 1. The lowest BCUT2D eigenvalue weighted by molar-refractivity contribution is -0.384. The summed E-state index contributed by atoms with van der Waals surface area (Å²) in [6.45, 7) is 5.50. The number of rotatable bonds is 5. The van der Waals surface area contributed by atoms with Crippen LogP contribution < -0.4 is 16.2 Å². The first-order valence-corrected chi connectivity index (χ1v) is 7.93. The first-order chi connectivity index (χ1) is 12.1. The van der Waals surface area contributed by atoms with Crippen molar-refractivity contribution in [3.05, 3.63) is 39.9 Å². The van der Waals surface area contributed by atoms with Crippen molar-refractivity contribution in [1.29, 1.82) is 0 Å². The first-order valence-electron chi connectivity index (χ1n) is 7.93. The first kappa shape index (κ1) is 19.2. The third kappa shape index (κ3) is 3.73. The third-order valence-electron chi connectivity index (χ3n) is 4.32. The van der Waals surface area contributed by atoms with E-state index in [-0.39, 0.29) is 17.9 Å². The molecular weight excluding hydrogens is 344 g/mol. The van der Waals surface area contributed by atoms with Gasteiger partial charge in [-0.25, -0.2) is 15.0 Å². The van der Waals surface area contributed by atoms with Crippen LogP contribution >= 0.6 is 0 Å². The zero-order valence-electron chi connectivity index (χ0n) is 14.6. The Morgan fingerprint density at radius 3 is 2.23 bits per heavy atom. The van der Waals surface area contributed by atoms with E-state index in [0.29, 0.717) is 6.42 Å². The third-order valence-corrected chi connectivity index (χ3v) is 4.32. The molecule has 26 heavy (non-hydrogen) atoms. The second-order valence-electron chi connectivity index (χ2n) is 6.52. The number of nitro groups is 1. The van der Waals surface area contributed by atoms with Crippen LogP contribution in [0.4, 0.5) is 10.5 Å². The average Bonchev–Trinajstić information content (AvgIpc) is 3.14. The Morgan fingerprint density at radius 1 is 1.19 bits per heavy atom. The van der Waals surface area contributed by atoms with Crippen LogP contribution in [0.5, 0.6) is 0 Å². The number of carbonyl (C=O) groups is 3. The fourth-order valence-corrected chi connectivity index (χ4v) is 2.63. The lowest BCUT2D eigenvalue weighted by Crippen LogP contribution is -2.55. The molecule has 10 heteroatoms. The highest BCUT2D eigenvalue weighted by atomic mass is 16.6. The Hall–Kier alpha value is -3.17. The SMILES string of the molecule is CCOC(=O)C1(NC(=O)NNC(=O)c2ccc([N+](=O)[O-])cc2)CC1(C)C. The van der Waals surface area contributed by atoms with Gasteiger partial charge in [-0.1, -0.05) is 13.8 Å². The monoisotopic (exact) mass is 364 g/mol. The molecule has 2 rings (SSSR count). The molecule has 1 aliphatic rings. The normalized spacial score (nSPS) is 19.8. The molecule has 3 N–H and O–H groups in total. The fourth-order valence-electron chi connectivity index (χ4n) is 2.63. The summed E-state index contributed by atoms with van der Waals surface area (Å²) in [4.78, 5) is 46.1.